The number of hydrogen-bond donors (Lipinski definition) is 0. The molecule has 2 rings (SSSR count). The molecule has 0 atom stereocenters. The molecule has 0 unspecified atom stereocenters. The van der Waals surface area contributed by atoms with Gasteiger partial charge < -0.3 is 0 Å². The predicted molar refractivity (Wildman–Crippen MR) is 59.3 cm³/mol. The molecule has 0 spiro atoms. The van der Waals surface area contributed by atoms with Crippen molar-refractivity contribution in [1.82, 2.24) is 4.98 Å². The number of carbonyl (C=O) groups is 1. The minimum absolute atomic E-state index is 0.0542. The first kappa shape index (κ1) is 11.7. The molecule has 0 amide bonds. The number of nitriles is 1. The van der Waals surface area contributed by atoms with E-state index in [9.17, 15) is 13.2 Å². The lowest BCUT2D eigenvalue weighted by molar-refractivity contribution is 0.0971. The summed E-state index contributed by atoms with van der Waals surface area (Å²) in [5.41, 5.74) is 0.822. The molecule has 0 aliphatic heterocycles. The second-order valence-corrected chi connectivity index (χ2v) is 5.93. The van der Waals surface area contributed by atoms with E-state index in [4.69, 9.17) is 5.26 Å². The summed E-state index contributed by atoms with van der Waals surface area (Å²) in [6.45, 7) is 0. The minimum Gasteiger partial charge on any atom is -0.294 e. The highest BCUT2D eigenvalue weighted by molar-refractivity contribution is 7.90. The van der Waals surface area contributed by atoms with Crippen LogP contribution < -0.4 is 0 Å². The Labute approximate surface area is 99.0 Å². The van der Waals surface area contributed by atoms with E-state index in [0.29, 0.717) is 30.5 Å². The second kappa shape index (κ2) is 3.93. The quantitative estimate of drug-likeness (QED) is 0.738. The van der Waals surface area contributed by atoms with Gasteiger partial charge in [0.2, 0.25) is 0 Å². The van der Waals surface area contributed by atoms with Crippen LogP contribution in [-0.4, -0.2) is 25.4 Å². The summed E-state index contributed by atoms with van der Waals surface area (Å²) in [5.74, 6) is -0.0738. The Morgan fingerprint density at radius 3 is 2.71 bits per heavy atom. The molecule has 6 heteroatoms. The van der Waals surface area contributed by atoms with Gasteiger partial charge in [0, 0.05) is 18.2 Å². The van der Waals surface area contributed by atoms with Crippen LogP contribution >= 0.6 is 0 Å². The molecule has 0 fully saturated rings. The molecule has 0 saturated heterocycles. The summed E-state index contributed by atoms with van der Waals surface area (Å²) in [5, 5.41) is 8.68. The number of nitrogens with zero attached hydrogens (tertiary/aromatic N) is 2. The van der Waals surface area contributed by atoms with Crippen molar-refractivity contribution in [3.63, 3.8) is 0 Å². The smallest absolute Gasteiger partial charge is 0.194 e. The highest BCUT2D eigenvalue weighted by atomic mass is 32.2. The van der Waals surface area contributed by atoms with E-state index in [1.165, 1.54) is 6.07 Å². The first-order valence-electron chi connectivity index (χ1n) is 5.11. The van der Waals surface area contributed by atoms with Crippen molar-refractivity contribution < 1.29 is 13.2 Å². The number of fused-ring (bicyclic) bond motifs is 1. The van der Waals surface area contributed by atoms with Gasteiger partial charge in [-0.2, -0.15) is 5.26 Å². The lowest BCUT2D eigenvalue weighted by Crippen LogP contribution is -2.16. The molecule has 17 heavy (non-hydrogen) atoms. The van der Waals surface area contributed by atoms with E-state index in [0.717, 1.165) is 6.26 Å². The number of pyridine rings is 1. The lowest BCUT2D eigenvalue weighted by atomic mass is 9.94. The number of sulfone groups is 1. The summed E-state index contributed by atoms with van der Waals surface area (Å²) in [6.07, 6.45) is 2.69. The second-order valence-electron chi connectivity index (χ2n) is 4.00. The Morgan fingerprint density at radius 2 is 2.12 bits per heavy atom. The van der Waals surface area contributed by atoms with Crippen LogP contribution in [0.15, 0.2) is 11.1 Å². The third kappa shape index (κ3) is 2.06. The first-order chi connectivity index (χ1) is 7.93. The summed E-state index contributed by atoms with van der Waals surface area (Å²) in [4.78, 5) is 15.6. The molecule has 0 saturated carbocycles. The maximum Gasteiger partial charge on any atom is 0.194 e. The van der Waals surface area contributed by atoms with E-state index >= 15 is 0 Å². The van der Waals surface area contributed by atoms with Crippen molar-refractivity contribution in [3.05, 3.63) is 22.9 Å². The third-order valence-corrected chi connectivity index (χ3v) is 3.67. The van der Waals surface area contributed by atoms with Gasteiger partial charge in [-0.3, -0.25) is 4.79 Å². The molecule has 1 aromatic heterocycles. The first-order valence-corrected chi connectivity index (χ1v) is 7.00. The van der Waals surface area contributed by atoms with Crippen LogP contribution in [0.25, 0.3) is 0 Å². The van der Waals surface area contributed by atoms with Gasteiger partial charge >= 0.3 is 0 Å². The Hall–Kier alpha value is -1.74. The fourth-order valence-electron chi connectivity index (χ4n) is 1.88. The highest BCUT2D eigenvalue weighted by Crippen LogP contribution is 2.24. The maximum absolute atomic E-state index is 11.6. The topological polar surface area (TPSA) is 87.9 Å². The Morgan fingerprint density at radius 1 is 1.41 bits per heavy atom. The lowest BCUT2D eigenvalue weighted by Gasteiger charge is -2.15. The molecule has 1 aromatic rings. The van der Waals surface area contributed by atoms with E-state index < -0.39 is 9.84 Å². The average molecular weight is 250 g/mol. The van der Waals surface area contributed by atoms with Crippen molar-refractivity contribution in [2.75, 3.05) is 6.26 Å². The molecule has 0 radical (unpaired) electrons. The molecule has 1 aliphatic rings. The van der Waals surface area contributed by atoms with E-state index in [1.807, 2.05) is 0 Å². The van der Waals surface area contributed by atoms with Crippen LogP contribution in [0.1, 0.15) is 34.5 Å². The molecule has 0 aromatic carbocycles. The van der Waals surface area contributed by atoms with Gasteiger partial charge in [-0.25, -0.2) is 13.4 Å². The van der Waals surface area contributed by atoms with Crippen LogP contribution in [0.4, 0.5) is 0 Å². The van der Waals surface area contributed by atoms with Gasteiger partial charge in [-0.15, -0.1) is 0 Å². The number of aromatic nitrogens is 1. The summed E-state index contributed by atoms with van der Waals surface area (Å²) >= 11 is 0. The van der Waals surface area contributed by atoms with Crippen molar-refractivity contribution in [3.8, 4) is 6.07 Å². The number of carbonyl (C=O) groups excluding carboxylic acids is 1. The largest absolute Gasteiger partial charge is 0.294 e. The summed E-state index contributed by atoms with van der Waals surface area (Å²) in [7, 11) is -3.54. The Balaban J connectivity index is 2.74. The number of hydrogen-bond acceptors (Lipinski definition) is 5. The predicted octanol–water partition coefficient (Wildman–Crippen LogP) is 0.876. The molecular formula is C11H10N2O3S. The van der Waals surface area contributed by atoms with Crippen molar-refractivity contribution >= 4 is 15.6 Å². The molecule has 1 heterocycles. The standard InChI is InChI=1S/C11H10N2O3S/c1-17(15,16)11-7(6-12)5-8-9(13-11)3-2-4-10(8)14/h5H,2-4H2,1H3. The third-order valence-electron chi connectivity index (χ3n) is 2.66. The zero-order valence-corrected chi connectivity index (χ0v) is 10.0. The van der Waals surface area contributed by atoms with Crippen LogP contribution in [0.2, 0.25) is 0 Å². The van der Waals surface area contributed by atoms with E-state index in [1.54, 1.807) is 6.07 Å². The minimum atomic E-state index is -3.54. The molecule has 5 nitrogen and oxygen atoms in total. The van der Waals surface area contributed by atoms with Gasteiger partial charge in [0.1, 0.15) is 6.07 Å². The maximum atomic E-state index is 11.6. The number of Topliss-reactive ketones (excluding diaryl/α,β-unsaturated/α-hetero) is 1. The van der Waals surface area contributed by atoms with Gasteiger partial charge in [0.25, 0.3) is 0 Å². The van der Waals surface area contributed by atoms with Gasteiger partial charge in [-0.05, 0) is 18.9 Å². The number of aryl methyl sites for hydroxylation is 1. The van der Waals surface area contributed by atoms with Crippen LogP contribution in [0.3, 0.4) is 0 Å². The normalized spacial score (nSPS) is 15.2. The molecular weight excluding hydrogens is 240 g/mol. The average Bonchev–Trinajstić information content (AvgIpc) is 2.27. The highest BCUT2D eigenvalue weighted by Gasteiger charge is 2.24. The van der Waals surface area contributed by atoms with E-state index in [-0.39, 0.29) is 16.4 Å². The summed E-state index contributed by atoms with van der Waals surface area (Å²) < 4.78 is 23.0. The van der Waals surface area contributed by atoms with Crippen LogP contribution in [0.5, 0.6) is 0 Å². The number of rotatable bonds is 1. The van der Waals surface area contributed by atoms with Gasteiger partial charge in [0.05, 0.1) is 11.3 Å². The monoisotopic (exact) mass is 250 g/mol. The SMILES string of the molecule is CS(=O)(=O)c1nc2c(cc1C#N)C(=O)CCC2. The number of ketones is 1. The summed E-state index contributed by atoms with van der Waals surface area (Å²) in [6, 6.07) is 3.13. The van der Waals surface area contributed by atoms with Crippen molar-refractivity contribution in [2.45, 2.75) is 24.3 Å². The molecule has 0 bridgehead atoms. The molecule has 0 N–H and O–H groups in total. The Kier molecular flexibility index (Phi) is 2.71. The molecule has 88 valence electrons. The molecule has 1 aliphatic carbocycles. The van der Waals surface area contributed by atoms with Crippen LogP contribution in [0, 0.1) is 11.3 Å². The fourth-order valence-corrected chi connectivity index (χ4v) is 2.66. The Bertz CT molecular complexity index is 641. The van der Waals surface area contributed by atoms with Crippen LogP contribution in [-0.2, 0) is 16.3 Å². The zero-order chi connectivity index (χ0) is 12.6. The van der Waals surface area contributed by atoms with Gasteiger partial charge in [-0.1, -0.05) is 0 Å². The van der Waals surface area contributed by atoms with Gasteiger partial charge in [0.15, 0.2) is 20.6 Å². The van der Waals surface area contributed by atoms with Crippen molar-refractivity contribution in [1.29, 1.82) is 5.26 Å². The zero-order valence-electron chi connectivity index (χ0n) is 9.23. The van der Waals surface area contributed by atoms with Crippen molar-refractivity contribution in [2.24, 2.45) is 0 Å². The fraction of sp³-hybridized carbons (Fsp3) is 0.364. The van der Waals surface area contributed by atoms with E-state index in [2.05, 4.69) is 4.98 Å².